The number of rotatable bonds is 6. The number of hydrogen-bond donors (Lipinski definition) is 1. The summed E-state index contributed by atoms with van der Waals surface area (Å²) < 4.78 is 11.7. The highest BCUT2D eigenvalue weighted by Gasteiger charge is 2.19. The average Bonchev–Trinajstić information content (AvgIpc) is 3.23. The van der Waals surface area contributed by atoms with Crippen molar-refractivity contribution in [3.63, 3.8) is 0 Å². The van der Waals surface area contributed by atoms with Gasteiger partial charge in [-0.1, -0.05) is 31.0 Å². The van der Waals surface area contributed by atoms with Gasteiger partial charge < -0.3 is 19.9 Å². The largest absolute Gasteiger partial charge is 0.469 e. The molecule has 3 heterocycles. The number of carbonyl (C=O) groups excluding carboxylic acids is 2. The number of furan rings is 1. The van der Waals surface area contributed by atoms with E-state index in [1.807, 2.05) is 0 Å². The van der Waals surface area contributed by atoms with Gasteiger partial charge in [-0.3, -0.25) is 9.59 Å². The summed E-state index contributed by atoms with van der Waals surface area (Å²) in [5, 5.41) is 8.42. The molecule has 1 aliphatic heterocycles. The number of nitrogens with zero attached hydrogens (tertiary/aromatic N) is 4. The van der Waals surface area contributed by atoms with Crippen LogP contribution in [-0.2, 0) is 14.3 Å². The third-order valence-electron chi connectivity index (χ3n) is 4.65. The van der Waals surface area contributed by atoms with Crippen LogP contribution in [0.25, 0.3) is 11.4 Å². The number of likely N-dealkylation sites (tertiary alicyclic amines) is 1. The van der Waals surface area contributed by atoms with Gasteiger partial charge in [-0.05, 0) is 25.8 Å². The molecule has 152 valence electrons. The van der Waals surface area contributed by atoms with Crippen molar-refractivity contribution in [3.05, 3.63) is 18.1 Å². The Morgan fingerprint density at radius 3 is 2.61 bits per heavy atom. The maximum absolute atomic E-state index is 12.2. The van der Waals surface area contributed by atoms with Gasteiger partial charge in [0.25, 0.3) is 5.91 Å². The van der Waals surface area contributed by atoms with Gasteiger partial charge in [-0.2, -0.15) is 0 Å². The van der Waals surface area contributed by atoms with Crippen LogP contribution in [0.4, 0.5) is 0 Å². The van der Waals surface area contributed by atoms with Crippen molar-refractivity contribution in [1.29, 1.82) is 0 Å². The molecule has 10 heteroatoms. The zero-order valence-corrected chi connectivity index (χ0v) is 16.7. The molecule has 0 bridgehead atoms. The molecule has 1 aliphatic rings. The fourth-order valence-corrected chi connectivity index (χ4v) is 3.73. The first-order valence-electron chi connectivity index (χ1n) is 9.37. The van der Waals surface area contributed by atoms with E-state index in [1.165, 1.54) is 11.1 Å². The van der Waals surface area contributed by atoms with E-state index in [1.54, 1.807) is 24.2 Å². The maximum Gasteiger partial charge on any atom is 0.316 e. The van der Waals surface area contributed by atoms with Crippen LogP contribution in [0, 0.1) is 6.92 Å². The van der Waals surface area contributed by atoms with Crippen molar-refractivity contribution in [2.45, 2.75) is 44.2 Å². The summed E-state index contributed by atoms with van der Waals surface area (Å²) in [4.78, 5) is 26.0. The van der Waals surface area contributed by atoms with Gasteiger partial charge in [0.15, 0.2) is 12.4 Å². The minimum atomic E-state index is -0.491. The van der Waals surface area contributed by atoms with E-state index in [0.717, 1.165) is 56.1 Å². The van der Waals surface area contributed by atoms with E-state index < -0.39 is 5.97 Å². The van der Waals surface area contributed by atoms with Crippen LogP contribution in [-0.4, -0.2) is 57.1 Å². The van der Waals surface area contributed by atoms with E-state index in [9.17, 15) is 9.59 Å². The second kappa shape index (κ2) is 9.63. The Labute approximate surface area is 167 Å². The van der Waals surface area contributed by atoms with Crippen LogP contribution in [0.2, 0.25) is 0 Å². The van der Waals surface area contributed by atoms with Crippen LogP contribution in [0.5, 0.6) is 0 Å². The normalized spacial score (nSPS) is 15.1. The summed E-state index contributed by atoms with van der Waals surface area (Å²) in [6, 6.07) is 1.75. The molecule has 0 spiro atoms. The molecule has 2 aromatic rings. The van der Waals surface area contributed by atoms with Crippen LogP contribution in [0.1, 0.15) is 37.9 Å². The molecular formula is C18H25N5O4S. The highest BCUT2D eigenvalue weighted by Crippen LogP contribution is 2.24. The molecule has 0 atom stereocenters. The Kier molecular flexibility index (Phi) is 6.96. The summed E-state index contributed by atoms with van der Waals surface area (Å²) in [6.07, 6.45) is 7.05. The summed E-state index contributed by atoms with van der Waals surface area (Å²) in [7, 11) is 0. The first kappa shape index (κ1) is 20.2. The molecule has 0 radical (unpaired) electrons. The fourth-order valence-electron chi connectivity index (χ4n) is 3.07. The van der Waals surface area contributed by atoms with Crippen LogP contribution in [0.3, 0.4) is 0 Å². The molecule has 2 aromatic heterocycles. The standard InChI is InChI=1S/C18H25N5O4S/c1-13-14(7-10-26-13)17-20-21-18(23(17)19)28-12-16(25)27-11-15(24)22-8-5-3-2-4-6-9-22/h7,10H,2-6,8-9,11-12,19H2,1H3. The van der Waals surface area contributed by atoms with E-state index in [-0.39, 0.29) is 18.3 Å². The van der Waals surface area contributed by atoms with E-state index >= 15 is 0 Å². The lowest BCUT2D eigenvalue weighted by atomic mass is 10.1. The van der Waals surface area contributed by atoms with Crippen molar-refractivity contribution >= 4 is 23.6 Å². The summed E-state index contributed by atoms with van der Waals surface area (Å²) in [6.45, 7) is 3.04. The van der Waals surface area contributed by atoms with Gasteiger partial charge >= 0.3 is 5.97 Å². The van der Waals surface area contributed by atoms with Gasteiger partial charge in [-0.15, -0.1) is 10.2 Å². The quantitative estimate of drug-likeness (QED) is 0.439. The smallest absolute Gasteiger partial charge is 0.316 e. The number of aryl methyl sites for hydroxylation is 1. The van der Waals surface area contributed by atoms with Crippen molar-refractivity contribution in [2.75, 3.05) is 31.3 Å². The highest BCUT2D eigenvalue weighted by atomic mass is 32.2. The first-order valence-corrected chi connectivity index (χ1v) is 10.4. The lowest BCUT2D eigenvalue weighted by Crippen LogP contribution is -2.37. The predicted octanol–water partition coefficient (Wildman–Crippen LogP) is 1.99. The lowest BCUT2D eigenvalue weighted by Gasteiger charge is -2.24. The molecule has 28 heavy (non-hydrogen) atoms. The second-order valence-electron chi connectivity index (χ2n) is 6.66. The number of thioether (sulfide) groups is 1. The van der Waals surface area contributed by atoms with Gasteiger partial charge in [0.2, 0.25) is 5.16 Å². The maximum atomic E-state index is 12.2. The van der Waals surface area contributed by atoms with Gasteiger partial charge in [0, 0.05) is 13.1 Å². The Balaban J connectivity index is 1.46. The fraction of sp³-hybridized carbons (Fsp3) is 0.556. The molecule has 1 saturated heterocycles. The molecule has 1 amide bonds. The second-order valence-corrected chi connectivity index (χ2v) is 7.61. The van der Waals surface area contributed by atoms with Crippen molar-refractivity contribution < 1.29 is 18.7 Å². The molecule has 9 nitrogen and oxygen atoms in total. The zero-order valence-electron chi connectivity index (χ0n) is 15.9. The zero-order chi connectivity index (χ0) is 19.9. The molecule has 2 N–H and O–H groups in total. The number of nitrogens with two attached hydrogens (primary N) is 1. The highest BCUT2D eigenvalue weighted by molar-refractivity contribution is 7.99. The summed E-state index contributed by atoms with van der Waals surface area (Å²) in [5.74, 6) is 6.51. The molecule has 0 aromatic carbocycles. The molecule has 3 rings (SSSR count). The number of amides is 1. The van der Waals surface area contributed by atoms with Crippen molar-refractivity contribution in [3.8, 4) is 11.4 Å². The minimum Gasteiger partial charge on any atom is -0.469 e. The third-order valence-corrected chi connectivity index (χ3v) is 5.57. The van der Waals surface area contributed by atoms with Crippen LogP contribution < -0.4 is 5.84 Å². The van der Waals surface area contributed by atoms with Crippen LogP contribution in [0.15, 0.2) is 21.9 Å². The van der Waals surface area contributed by atoms with Crippen LogP contribution >= 0.6 is 11.8 Å². The molecule has 0 aliphatic carbocycles. The van der Waals surface area contributed by atoms with E-state index in [0.29, 0.717) is 16.7 Å². The van der Waals surface area contributed by atoms with Gasteiger partial charge in [-0.25, -0.2) is 4.68 Å². The Morgan fingerprint density at radius 2 is 1.93 bits per heavy atom. The number of nitrogen functional groups attached to an aromatic ring is 1. The van der Waals surface area contributed by atoms with Crippen molar-refractivity contribution in [1.82, 2.24) is 19.8 Å². The number of aromatic nitrogens is 3. The topological polar surface area (TPSA) is 116 Å². The first-order chi connectivity index (χ1) is 13.6. The van der Waals surface area contributed by atoms with Gasteiger partial charge in [0.05, 0.1) is 17.6 Å². The Morgan fingerprint density at radius 1 is 1.21 bits per heavy atom. The SMILES string of the molecule is Cc1occc1-c1nnc(SCC(=O)OCC(=O)N2CCCCCCC2)n1N. The number of carbonyl (C=O) groups is 2. The predicted molar refractivity (Wildman–Crippen MR) is 104 cm³/mol. The third kappa shape index (κ3) is 5.06. The Hall–Kier alpha value is -2.49. The number of hydrogen-bond acceptors (Lipinski definition) is 8. The monoisotopic (exact) mass is 407 g/mol. The minimum absolute atomic E-state index is 0.00696. The molecule has 0 saturated carbocycles. The van der Waals surface area contributed by atoms with E-state index in [2.05, 4.69) is 10.2 Å². The van der Waals surface area contributed by atoms with E-state index in [4.69, 9.17) is 15.0 Å². The van der Waals surface area contributed by atoms with Crippen molar-refractivity contribution in [2.24, 2.45) is 0 Å². The van der Waals surface area contributed by atoms with Gasteiger partial charge in [0.1, 0.15) is 5.76 Å². The summed E-state index contributed by atoms with van der Waals surface area (Å²) in [5.41, 5.74) is 0.739. The molecule has 1 fully saturated rings. The lowest BCUT2D eigenvalue weighted by molar-refractivity contribution is -0.150. The number of ether oxygens (including phenoxy) is 1. The Bertz CT molecular complexity index is 811. The molecule has 0 unspecified atom stereocenters. The molecular weight excluding hydrogens is 382 g/mol. The number of esters is 1. The summed E-state index contributed by atoms with van der Waals surface area (Å²) >= 11 is 1.11. The average molecular weight is 407 g/mol.